The first kappa shape index (κ1) is 14.3. The molecule has 8 heteroatoms. The number of benzene rings is 1. The van der Waals surface area contributed by atoms with Crippen LogP contribution in [0.2, 0.25) is 10.0 Å². The van der Waals surface area contributed by atoms with E-state index >= 15 is 0 Å². The van der Waals surface area contributed by atoms with Crippen molar-refractivity contribution in [3.8, 4) is 11.8 Å². The van der Waals surface area contributed by atoms with Gasteiger partial charge >= 0.3 is 5.97 Å². The molecule has 0 saturated carbocycles. The Morgan fingerprint density at radius 2 is 2.15 bits per heavy atom. The number of aromatic hydroxyl groups is 1. The minimum Gasteiger partial charge on any atom is -0.505 e. The molecule has 0 aliphatic heterocycles. The topological polar surface area (TPSA) is 109 Å². The molecule has 104 valence electrons. The maximum atomic E-state index is 11.7. The monoisotopic (exact) mass is 314 g/mol. The molecule has 3 N–H and O–H groups in total. The standard InChI is InChI=1S/C12H8Cl2N2O4/c1-2-19-12(18)11-8(16)5-4(3-15)9(17)6(13)7(14)10(5)20-11/h17H,2,16H2,1H3. The first-order chi connectivity index (χ1) is 9.43. The van der Waals surface area contributed by atoms with E-state index in [4.69, 9.17) is 43.4 Å². The summed E-state index contributed by atoms with van der Waals surface area (Å²) in [5.74, 6) is -1.60. The Hall–Kier alpha value is -2.10. The van der Waals surface area contributed by atoms with Crippen LogP contribution in [-0.2, 0) is 4.74 Å². The van der Waals surface area contributed by atoms with Gasteiger partial charge in [0.15, 0.2) is 11.3 Å². The quantitative estimate of drug-likeness (QED) is 0.824. The van der Waals surface area contributed by atoms with Crippen LogP contribution in [0.1, 0.15) is 23.0 Å². The molecular formula is C12H8Cl2N2O4. The number of rotatable bonds is 2. The zero-order valence-electron chi connectivity index (χ0n) is 10.2. The Morgan fingerprint density at radius 3 is 2.70 bits per heavy atom. The summed E-state index contributed by atoms with van der Waals surface area (Å²) in [6.07, 6.45) is 0. The Balaban J connectivity index is 2.88. The van der Waals surface area contributed by atoms with Crippen molar-refractivity contribution < 1.29 is 19.1 Å². The highest BCUT2D eigenvalue weighted by Crippen LogP contribution is 2.45. The van der Waals surface area contributed by atoms with Gasteiger partial charge in [-0.2, -0.15) is 5.26 Å². The highest BCUT2D eigenvalue weighted by atomic mass is 35.5. The number of phenolic OH excluding ortho intramolecular Hbond substituents is 1. The summed E-state index contributed by atoms with van der Waals surface area (Å²) < 4.78 is 10.0. The zero-order chi connectivity index (χ0) is 15.0. The fourth-order valence-electron chi connectivity index (χ4n) is 1.74. The molecule has 0 aliphatic rings. The number of esters is 1. The summed E-state index contributed by atoms with van der Waals surface area (Å²) in [6, 6.07) is 1.75. The van der Waals surface area contributed by atoms with E-state index in [-0.39, 0.29) is 44.6 Å². The molecule has 0 fully saturated rings. The second-order valence-corrected chi connectivity index (χ2v) is 4.49. The number of phenols is 1. The predicted molar refractivity (Wildman–Crippen MR) is 73.0 cm³/mol. The third-order valence-electron chi connectivity index (χ3n) is 2.60. The second-order valence-electron chi connectivity index (χ2n) is 3.73. The van der Waals surface area contributed by atoms with Crippen LogP contribution in [0.5, 0.6) is 5.75 Å². The van der Waals surface area contributed by atoms with Crippen molar-refractivity contribution in [2.24, 2.45) is 0 Å². The molecule has 0 radical (unpaired) electrons. The normalized spacial score (nSPS) is 10.5. The van der Waals surface area contributed by atoms with Crippen LogP contribution < -0.4 is 5.73 Å². The summed E-state index contributed by atoms with van der Waals surface area (Å²) in [7, 11) is 0. The van der Waals surface area contributed by atoms with E-state index in [1.165, 1.54) is 0 Å². The number of nitrogens with zero attached hydrogens (tertiary/aromatic N) is 1. The number of nitriles is 1. The smallest absolute Gasteiger partial charge is 0.376 e. The molecule has 1 heterocycles. The van der Waals surface area contributed by atoms with Gasteiger partial charge in [-0.1, -0.05) is 23.2 Å². The molecule has 20 heavy (non-hydrogen) atoms. The molecule has 0 spiro atoms. The van der Waals surface area contributed by atoms with Crippen LogP contribution in [-0.4, -0.2) is 17.7 Å². The van der Waals surface area contributed by atoms with Crippen molar-refractivity contribution in [2.75, 3.05) is 12.3 Å². The van der Waals surface area contributed by atoms with Gasteiger partial charge in [0.05, 0.1) is 17.7 Å². The average molecular weight is 315 g/mol. The highest BCUT2D eigenvalue weighted by Gasteiger charge is 2.27. The van der Waals surface area contributed by atoms with Crippen molar-refractivity contribution in [3.05, 3.63) is 21.4 Å². The molecule has 2 aromatic rings. The number of halogens is 2. The summed E-state index contributed by atoms with van der Waals surface area (Å²) in [5, 5.41) is 18.5. The van der Waals surface area contributed by atoms with E-state index in [2.05, 4.69) is 0 Å². The van der Waals surface area contributed by atoms with Gasteiger partial charge in [0.2, 0.25) is 5.76 Å². The third-order valence-corrected chi connectivity index (χ3v) is 3.43. The lowest BCUT2D eigenvalue weighted by molar-refractivity contribution is 0.0494. The van der Waals surface area contributed by atoms with Crippen LogP contribution in [0, 0.1) is 11.3 Å². The molecule has 0 atom stereocenters. The second kappa shape index (κ2) is 5.12. The summed E-state index contributed by atoms with van der Waals surface area (Å²) in [6.45, 7) is 1.74. The van der Waals surface area contributed by atoms with Crippen molar-refractivity contribution in [3.63, 3.8) is 0 Å². The summed E-state index contributed by atoms with van der Waals surface area (Å²) in [4.78, 5) is 11.7. The molecule has 0 saturated heterocycles. The van der Waals surface area contributed by atoms with E-state index in [0.717, 1.165) is 0 Å². The lowest BCUT2D eigenvalue weighted by Gasteiger charge is -2.03. The van der Waals surface area contributed by atoms with Gasteiger partial charge in [-0.25, -0.2) is 4.79 Å². The Morgan fingerprint density at radius 1 is 1.50 bits per heavy atom. The lowest BCUT2D eigenvalue weighted by atomic mass is 10.1. The number of carbonyl (C=O) groups is 1. The molecular weight excluding hydrogens is 307 g/mol. The van der Waals surface area contributed by atoms with Gasteiger partial charge in [0.1, 0.15) is 21.7 Å². The molecule has 0 amide bonds. The minimum absolute atomic E-state index is 0.0300. The number of furan rings is 1. The van der Waals surface area contributed by atoms with Crippen molar-refractivity contribution in [1.29, 1.82) is 5.26 Å². The Bertz CT molecular complexity index is 761. The van der Waals surface area contributed by atoms with Crippen LogP contribution >= 0.6 is 23.2 Å². The molecule has 6 nitrogen and oxygen atoms in total. The number of ether oxygens (including phenoxy) is 1. The van der Waals surface area contributed by atoms with Gasteiger partial charge in [-0.05, 0) is 6.92 Å². The van der Waals surface area contributed by atoms with Gasteiger partial charge in [-0.15, -0.1) is 0 Å². The van der Waals surface area contributed by atoms with E-state index in [1.54, 1.807) is 13.0 Å². The maximum Gasteiger partial charge on any atom is 0.376 e. The number of nitrogens with two attached hydrogens (primary N) is 1. The maximum absolute atomic E-state index is 11.7. The van der Waals surface area contributed by atoms with Gasteiger partial charge in [0.25, 0.3) is 0 Å². The fraction of sp³-hybridized carbons (Fsp3) is 0.167. The predicted octanol–water partition coefficient (Wildman–Crippen LogP) is 3.08. The van der Waals surface area contributed by atoms with Crippen LogP contribution in [0.3, 0.4) is 0 Å². The van der Waals surface area contributed by atoms with Crippen molar-refractivity contribution in [2.45, 2.75) is 6.92 Å². The highest BCUT2D eigenvalue weighted by molar-refractivity contribution is 6.46. The number of hydrogen-bond acceptors (Lipinski definition) is 6. The van der Waals surface area contributed by atoms with E-state index in [9.17, 15) is 9.90 Å². The number of fused-ring (bicyclic) bond motifs is 1. The summed E-state index contributed by atoms with van der Waals surface area (Å²) >= 11 is 11.7. The van der Waals surface area contributed by atoms with Gasteiger partial charge in [-0.3, -0.25) is 0 Å². The molecule has 0 aliphatic carbocycles. The Labute approximate surface area is 123 Å². The van der Waals surface area contributed by atoms with Gasteiger partial charge in [0, 0.05) is 0 Å². The van der Waals surface area contributed by atoms with Gasteiger partial charge < -0.3 is 20.0 Å². The molecule has 0 unspecified atom stereocenters. The Kier molecular flexibility index (Phi) is 3.66. The third kappa shape index (κ3) is 1.92. The van der Waals surface area contributed by atoms with E-state index in [0.29, 0.717) is 0 Å². The van der Waals surface area contributed by atoms with E-state index in [1.807, 2.05) is 0 Å². The minimum atomic E-state index is -0.795. The number of anilines is 1. The average Bonchev–Trinajstić information content (AvgIpc) is 2.76. The van der Waals surface area contributed by atoms with E-state index < -0.39 is 11.7 Å². The molecule has 0 bridgehead atoms. The first-order valence-corrected chi connectivity index (χ1v) is 6.18. The molecule has 2 rings (SSSR count). The van der Waals surface area contributed by atoms with Crippen LogP contribution in [0.25, 0.3) is 11.0 Å². The number of carbonyl (C=O) groups excluding carboxylic acids is 1. The number of hydrogen-bond donors (Lipinski definition) is 2. The van der Waals surface area contributed by atoms with Crippen molar-refractivity contribution in [1.82, 2.24) is 0 Å². The van der Waals surface area contributed by atoms with Crippen LogP contribution in [0.15, 0.2) is 4.42 Å². The first-order valence-electron chi connectivity index (χ1n) is 5.43. The lowest BCUT2D eigenvalue weighted by Crippen LogP contribution is -2.05. The summed E-state index contributed by atoms with van der Waals surface area (Å²) in [5.41, 5.74) is 5.37. The zero-order valence-corrected chi connectivity index (χ0v) is 11.7. The largest absolute Gasteiger partial charge is 0.505 e. The fourth-order valence-corrected chi connectivity index (χ4v) is 2.14. The molecule has 1 aromatic heterocycles. The molecule has 1 aromatic carbocycles. The van der Waals surface area contributed by atoms with Crippen LogP contribution in [0.4, 0.5) is 5.69 Å². The SMILES string of the molecule is CCOC(=O)c1oc2c(Cl)c(Cl)c(O)c(C#N)c2c1N. The number of nitrogen functional groups attached to an aromatic ring is 1. The van der Waals surface area contributed by atoms with Crippen molar-refractivity contribution >= 4 is 45.8 Å².